The Balaban J connectivity index is 2.32. The van der Waals surface area contributed by atoms with Crippen molar-refractivity contribution < 1.29 is 9.59 Å². The van der Waals surface area contributed by atoms with Crippen molar-refractivity contribution in [2.24, 2.45) is 5.92 Å². The third-order valence-electron chi connectivity index (χ3n) is 3.39. The number of urea groups is 1. The van der Waals surface area contributed by atoms with Gasteiger partial charge in [-0.1, -0.05) is 19.8 Å². The highest BCUT2D eigenvalue weighted by Crippen LogP contribution is 2.23. The zero-order valence-electron chi connectivity index (χ0n) is 11.6. The van der Waals surface area contributed by atoms with E-state index in [0.717, 1.165) is 18.8 Å². The molecule has 0 spiro atoms. The summed E-state index contributed by atoms with van der Waals surface area (Å²) in [4.78, 5) is 23.0. The van der Waals surface area contributed by atoms with Crippen LogP contribution in [0.25, 0.3) is 0 Å². The molecule has 0 saturated heterocycles. The summed E-state index contributed by atoms with van der Waals surface area (Å²) in [5.41, 5.74) is 0. The van der Waals surface area contributed by atoms with Crippen LogP contribution >= 0.6 is 0 Å². The molecule has 3 atom stereocenters. The number of rotatable bonds is 4. The maximum atomic E-state index is 11.7. The van der Waals surface area contributed by atoms with E-state index in [4.69, 9.17) is 0 Å². The summed E-state index contributed by atoms with van der Waals surface area (Å²) in [6.45, 7) is 6.37. The molecule has 104 valence electrons. The minimum atomic E-state index is -0.423. The molecule has 0 aromatic carbocycles. The van der Waals surface area contributed by atoms with Gasteiger partial charge in [0.25, 0.3) is 0 Å². The second-order valence-electron chi connectivity index (χ2n) is 5.21. The summed E-state index contributed by atoms with van der Waals surface area (Å²) in [6, 6.07) is -0.361. The molecule has 3 N–H and O–H groups in total. The smallest absolute Gasteiger partial charge is 0.321 e. The van der Waals surface area contributed by atoms with E-state index in [1.165, 1.54) is 12.8 Å². The molecule has 3 unspecified atom stereocenters. The molecule has 1 aliphatic rings. The fourth-order valence-corrected chi connectivity index (χ4v) is 2.44. The number of amides is 3. The average Bonchev–Trinajstić information content (AvgIpc) is 2.29. The number of carbonyl (C=O) groups excluding carboxylic acids is 2. The molecule has 0 bridgehead atoms. The van der Waals surface area contributed by atoms with E-state index < -0.39 is 6.03 Å². The van der Waals surface area contributed by atoms with Crippen LogP contribution in [0.5, 0.6) is 0 Å². The molecule has 3 amide bonds. The Labute approximate surface area is 109 Å². The first-order valence-electron chi connectivity index (χ1n) is 6.87. The predicted octanol–water partition coefficient (Wildman–Crippen LogP) is 1.39. The van der Waals surface area contributed by atoms with Crippen molar-refractivity contribution >= 4 is 11.9 Å². The van der Waals surface area contributed by atoms with Gasteiger partial charge < -0.3 is 10.6 Å². The van der Waals surface area contributed by atoms with Crippen molar-refractivity contribution in [3.63, 3.8) is 0 Å². The van der Waals surface area contributed by atoms with Crippen molar-refractivity contribution in [2.45, 2.75) is 58.5 Å². The van der Waals surface area contributed by atoms with Crippen LogP contribution in [-0.4, -0.2) is 30.6 Å². The molecule has 0 radical (unpaired) electrons. The van der Waals surface area contributed by atoms with Crippen LogP contribution < -0.4 is 16.0 Å². The quantitative estimate of drug-likeness (QED) is 0.711. The molecule has 18 heavy (non-hydrogen) atoms. The number of hydrogen-bond acceptors (Lipinski definition) is 3. The van der Waals surface area contributed by atoms with Crippen LogP contribution in [0, 0.1) is 5.92 Å². The fourth-order valence-electron chi connectivity index (χ4n) is 2.44. The summed E-state index contributed by atoms with van der Waals surface area (Å²) in [6.07, 6.45) is 4.71. The lowest BCUT2D eigenvalue weighted by Crippen LogP contribution is -2.51. The fraction of sp³-hybridized carbons (Fsp3) is 0.846. The lowest BCUT2D eigenvalue weighted by molar-refractivity contribution is -0.121. The Hall–Kier alpha value is -1.10. The average molecular weight is 255 g/mol. The van der Waals surface area contributed by atoms with Gasteiger partial charge in [-0.25, -0.2) is 4.79 Å². The van der Waals surface area contributed by atoms with E-state index >= 15 is 0 Å². The van der Waals surface area contributed by atoms with Gasteiger partial charge in [0, 0.05) is 12.6 Å². The Morgan fingerprint density at radius 2 is 2.06 bits per heavy atom. The minimum Gasteiger partial charge on any atom is -0.338 e. The van der Waals surface area contributed by atoms with E-state index in [1.807, 2.05) is 6.92 Å². The highest BCUT2D eigenvalue weighted by Gasteiger charge is 2.23. The normalized spacial score (nSPS) is 25.3. The van der Waals surface area contributed by atoms with Crippen molar-refractivity contribution in [1.29, 1.82) is 0 Å². The lowest BCUT2D eigenvalue weighted by Gasteiger charge is -2.29. The summed E-state index contributed by atoms with van der Waals surface area (Å²) < 4.78 is 0. The highest BCUT2D eigenvalue weighted by molar-refractivity contribution is 5.96. The summed E-state index contributed by atoms with van der Waals surface area (Å²) >= 11 is 0. The first kappa shape index (κ1) is 15.0. The summed E-state index contributed by atoms with van der Waals surface area (Å²) in [7, 11) is 0. The monoisotopic (exact) mass is 255 g/mol. The van der Waals surface area contributed by atoms with Crippen molar-refractivity contribution in [2.75, 3.05) is 6.54 Å². The molecule has 0 aromatic heterocycles. The van der Waals surface area contributed by atoms with Crippen LogP contribution in [0.2, 0.25) is 0 Å². The van der Waals surface area contributed by atoms with Crippen LogP contribution in [0.3, 0.4) is 0 Å². The van der Waals surface area contributed by atoms with Gasteiger partial charge in [0.2, 0.25) is 5.91 Å². The summed E-state index contributed by atoms with van der Waals surface area (Å²) in [5.74, 6) is 0.453. The Kier molecular flexibility index (Phi) is 6.12. The van der Waals surface area contributed by atoms with Crippen LogP contribution in [0.4, 0.5) is 4.79 Å². The predicted molar refractivity (Wildman–Crippen MR) is 71.2 cm³/mol. The maximum Gasteiger partial charge on any atom is 0.321 e. The molecular formula is C13H25N3O2. The zero-order chi connectivity index (χ0) is 13.5. The number of hydrogen-bond donors (Lipinski definition) is 3. The summed E-state index contributed by atoms with van der Waals surface area (Å²) in [5, 5.41) is 8.18. The second-order valence-corrected chi connectivity index (χ2v) is 5.21. The van der Waals surface area contributed by atoms with Gasteiger partial charge in [0.05, 0.1) is 6.04 Å². The van der Waals surface area contributed by atoms with Crippen molar-refractivity contribution in [3.8, 4) is 0 Å². The van der Waals surface area contributed by atoms with E-state index in [-0.39, 0.29) is 11.9 Å². The van der Waals surface area contributed by atoms with E-state index in [0.29, 0.717) is 12.6 Å². The molecule has 0 aromatic rings. The van der Waals surface area contributed by atoms with Crippen LogP contribution in [-0.2, 0) is 4.79 Å². The SMILES string of the molecule is CCNC(=O)NC(=O)C(C)NC1CCCC(C)C1. The standard InChI is InChI=1S/C13H25N3O2/c1-4-14-13(18)16-12(17)10(3)15-11-7-5-6-9(2)8-11/h9-11,15H,4-8H2,1-3H3,(H2,14,16,17,18). The molecule has 0 heterocycles. The molecule has 1 aliphatic carbocycles. The molecule has 1 rings (SSSR count). The van der Waals surface area contributed by atoms with Crippen molar-refractivity contribution in [1.82, 2.24) is 16.0 Å². The first-order chi connectivity index (χ1) is 8.52. The van der Waals surface area contributed by atoms with Crippen LogP contribution in [0.1, 0.15) is 46.5 Å². The lowest BCUT2D eigenvalue weighted by atomic mass is 9.87. The van der Waals surface area contributed by atoms with Gasteiger partial charge in [-0.3, -0.25) is 10.1 Å². The molecule has 0 aliphatic heterocycles. The minimum absolute atomic E-state index is 0.265. The second kappa shape index (κ2) is 7.36. The van der Waals surface area contributed by atoms with Crippen molar-refractivity contribution in [3.05, 3.63) is 0 Å². The number of nitrogens with one attached hydrogen (secondary N) is 3. The Morgan fingerprint density at radius 1 is 1.33 bits per heavy atom. The third kappa shape index (κ3) is 5.04. The van der Waals surface area contributed by atoms with E-state index in [2.05, 4.69) is 22.9 Å². The van der Waals surface area contributed by atoms with Gasteiger partial charge in [0.15, 0.2) is 0 Å². The number of imide groups is 1. The van der Waals surface area contributed by atoms with Gasteiger partial charge in [0.1, 0.15) is 0 Å². The van der Waals surface area contributed by atoms with Crippen LogP contribution in [0.15, 0.2) is 0 Å². The highest BCUT2D eigenvalue weighted by atomic mass is 16.2. The Bertz CT molecular complexity index is 294. The largest absolute Gasteiger partial charge is 0.338 e. The van der Waals surface area contributed by atoms with Gasteiger partial charge in [-0.05, 0) is 32.6 Å². The van der Waals surface area contributed by atoms with Gasteiger partial charge in [-0.2, -0.15) is 0 Å². The van der Waals surface area contributed by atoms with E-state index in [1.54, 1.807) is 6.92 Å². The maximum absolute atomic E-state index is 11.7. The number of carbonyl (C=O) groups is 2. The first-order valence-corrected chi connectivity index (χ1v) is 6.87. The molecule has 1 saturated carbocycles. The van der Waals surface area contributed by atoms with Gasteiger partial charge >= 0.3 is 6.03 Å². The van der Waals surface area contributed by atoms with E-state index in [9.17, 15) is 9.59 Å². The molecule has 5 heteroatoms. The molecular weight excluding hydrogens is 230 g/mol. The molecule has 5 nitrogen and oxygen atoms in total. The molecule has 1 fully saturated rings. The Morgan fingerprint density at radius 3 is 2.67 bits per heavy atom. The topological polar surface area (TPSA) is 70.2 Å². The zero-order valence-corrected chi connectivity index (χ0v) is 11.6. The van der Waals surface area contributed by atoms with Gasteiger partial charge in [-0.15, -0.1) is 0 Å². The third-order valence-corrected chi connectivity index (χ3v) is 3.39.